The Bertz CT molecular complexity index is 507. The molecule has 2 N–H and O–H groups in total. The maximum Gasteiger partial charge on any atom is 0.190 e. The summed E-state index contributed by atoms with van der Waals surface area (Å²) in [7, 11) is 5.07. The smallest absolute Gasteiger partial charge is 0.190 e. The molecule has 0 bridgehead atoms. The Morgan fingerprint density at radius 3 is 2.40 bits per heavy atom. The molecule has 0 saturated heterocycles. The number of hydrogen-bond donors (Lipinski definition) is 2. The summed E-state index contributed by atoms with van der Waals surface area (Å²) in [6.07, 6.45) is 4.16. The highest BCUT2D eigenvalue weighted by atomic mass is 16.5. The summed E-state index contributed by atoms with van der Waals surface area (Å²) in [6.45, 7) is 5.46. The molecule has 0 aliphatic carbocycles. The minimum absolute atomic E-state index is 0.748. The van der Waals surface area contributed by atoms with Gasteiger partial charge in [0, 0.05) is 33.4 Å². The molecule has 0 amide bonds. The number of benzene rings is 1. The fraction of sp³-hybridized carbons (Fsp3) is 0.632. The van der Waals surface area contributed by atoms with Crippen LogP contribution in [-0.4, -0.2) is 53.5 Å². The van der Waals surface area contributed by atoms with E-state index in [9.17, 15) is 0 Å². The molecule has 25 heavy (non-hydrogen) atoms. The molecule has 1 rings (SSSR count). The minimum Gasteiger partial charge on any atom is -0.493 e. The highest BCUT2D eigenvalue weighted by molar-refractivity contribution is 5.79. The molecule has 0 fully saturated rings. The van der Waals surface area contributed by atoms with Gasteiger partial charge in [0.1, 0.15) is 0 Å². The minimum atomic E-state index is 0.748. The van der Waals surface area contributed by atoms with Gasteiger partial charge in [-0.25, -0.2) is 0 Å². The third-order valence-electron chi connectivity index (χ3n) is 3.78. The van der Waals surface area contributed by atoms with E-state index in [4.69, 9.17) is 14.2 Å². The predicted octanol–water partition coefficient (Wildman–Crippen LogP) is 2.62. The number of nitrogens with one attached hydrogen (secondary N) is 2. The Morgan fingerprint density at radius 2 is 1.72 bits per heavy atom. The van der Waals surface area contributed by atoms with Crippen LogP contribution in [0.2, 0.25) is 0 Å². The van der Waals surface area contributed by atoms with Crippen LogP contribution in [0.3, 0.4) is 0 Å². The number of hydrogen-bond acceptors (Lipinski definition) is 4. The average Bonchev–Trinajstić information content (AvgIpc) is 2.65. The van der Waals surface area contributed by atoms with Crippen molar-refractivity contribution in [2.45, 2.75) is 32.6 Å². The highest BCUT2D eigenvalue weighted by Crippen LogP contribution is 2.27. The Morgan fingerprint density at radius 1 is 1.00 bits per heavy atom. The number of guanidine groups is 1. The van der Waals surface area contributed by atoms with E-state index in [2.05, 4.69) is 22.5 Å². The van der Waals surface area contributed by atoms with Gasteiger partial charge in [-0.05, 0) is 37.0 Å². The van der Waals surface area contributed by atoms with Gasteiger partial charge in [-0.3, -0.25) is 4.99 Å². The standard InChI is InChI=1S/C19H33N3O3/c1-5-6-13-25-14-7-11-21-19(20-2)22-12-10-16-8-9-17(23-3)18(15-16)24-4/h8-9,15H,5-7,10-14H2,1-4H3,(H2,20,21,22). The average molecular weight is 351 g/mol. The van der Waals surface area contributed by atoms with Gasteiger partial charge in [0.15, 0.2) is 17.5 Å². The first kappa shape index (κ1) is 21.1. The lowest BCUT2D eigenvalue weighted by Crippen LogP contribution is -2.39. The second-order valence-electron chi connectivity index (χ2n) is 5.68. The molecule has 0 saturated carbocycles. The van der Waals surface area contributed by atoms with Crippen molar-refractivity contribution < 1.29 is 14.2 Å². The maximum atomic E-state index is 5.55. The summed E-state index contributed by atoms with van der Waals surface area (Å²) >= 11 is 0. The number of nitrogens with zero attached hydrogens (tertiary/aromatic N) is 1. The van der Waals surface area contributed by atoms with E-state index in [0.29, 0.717) is 0 Å². The first-order valence-electron chi connectivity index (χ1n) is 8.98. The molecule has 0 aliphatic heterocycles. The van der Waals surface area contributed by atoms with Crippen LogP contribution in [0, 0.1) is 0 Å². The molecule has 6 nitrogen and oxygen atoms in total. The summed E-state index contributed by atoms with van der Waals surface area (Å²) in [4.78, 5) is 4.24. The van der Waals surface area contributed by atoms with Crippen molar-refractivity contribution in [1.82, 2.24) is 10.6 Å². The van der Waals surface area contributed by atoms with E-state index in [1.54, 1.807) is 21.3 Å². The molecule has 0 aliphatic rings. The number of aliphatic imine (C=N–C) groups is 1. The van der Waals surface area contributed by atoms with Gasteiger partial charge >= 0.3 is 0 Å². The number of ether oxygens (including phenoxy) is 3. The number of methoxy groups -OCH3 is 2. The molecule has 1 aromatic carbocycles. The second-order valence-corrected chi connectivity index (χ2v) is 5.68. The second kappa shape index (κ2) is 13.4. The van der Waals surface area contributed by atoms with Gasteiger partial charge in [-0.2, -0.15) is 0 Å². The first-order chi connectivity index (χ1) is 12.2. The third kappa shape index (κ3) is 8.63. The molecule has 142 valence electrons. The summed E-state index contributed by atoms with van der Waals surface area (Å²) in [6, 6.07) is 5.98. The molecular formula is C19H33N3O3. The summed E-state index contributed by atoms with van der Waals surface area (Å²) in [5.74, 6) is 2.32. The van der Waals surface area contributed by atoms with Crippen LogP contribution >= 0.6 is 0 Å². The fourth-order valence-corrected chi connectivity index (χ4v) is 2.31. The summed E-state index contributed by atoms with van der Waals surface area (Å²) in [5, 5.41) is 6.62. The molecule has 0 aromatic heterocycles. The quantitative estimate of drug-likeness (QED) is 0.344. The SMILES string of the molecule is CCCCOCCCNC(=NC)NCCc1ccc(OC)c(OC)c1. The van der Waals surface area contributed by atoms with Crippen LogP contribution in [0.5, 0.6) is 11.5 Å². The Labute approximate surface area is 152 Å². The Kier molecular flexibility index (Phi) is 11.3. The van der Waals surface area contributed by atoms with Crippen molar-refractivity contribution in [2.75, 3.05) is 47.6 Å². The van der Waals surface area contributed by atoms with Gasteiger partial charge < -0.3 is 24.8 Å². The lowest BCUT2D eigenvalue weighted by atomic mass is 10.1. The molecular weight excluding hydrogens is 318 g/mol. The van der Waals surface area contributed by atoms with Crippen LogP contribution < -0.4 is 20.1 Å². The summed E-state index contributed by atoms with van der Waals surface area (Å²) in [5.41, 5.74) is 1.19. The van der Waals surface area contributed by atoms with Gasteiger partial charge in [0.05, 0.1) is 14.2 Å². The van der Waals surface area contributed by atoms with Gasteiger partial charge in [-0.15, -0.1) is 0 Å². The Balaban J connectivity index is 2.24. The van der Waals surface area contributed by atoms with Crippen LogP contribution in [0.15, 0.2) is 23.2 Å². The zero-order valence-electron chi connectivity index (χ0n) is 16.1. The van der Waals surface area contributed by atoms with E-state index in [0.717, 1.165) is 63.0 Å². The Hall–Kier alpha value is -1.95. The molecule has 1 aromatic rings. The van der Waals surface area contributed by atoms with Crippen molar-refractivity contribution >= 4 is 5.96 Å². The molecule has 0 spiro atoms. The molecule has 0 atom stereocenters. The maximum absolute atomic E-state index is 5.55. The number of unbranched alkanes of at least 4 members (excludes halogenated alkanes) is 1. The number of rotatable bonds is 12. The van der Waals surface area contributed by atoms with Crippen LogP contribution in [0.25, 0.3) is 0 Å². The van der Waals surface area contributed by atoms with Crippen LogP contribution in [0.1, 0.15) is 31.7 Å². The van der Waals surface area contributed by atoms with Crippen LogP contribution in [0.4, 0.5) is 0 Å². The fourth-order valence-electron chi connectivity index (χ4n) is 2.31. The largest absolute Gasteiger partial charge is 0.493 e. The first-order valence-corrected chi connectivity index (χ1v) is 8.98. The predicted molar refractivity (Wildman–Crippen MR) is 103 cm³/mol. The lowest BCUT2D eigenvalue weighted by molar-refractivity contribution is 0.129. The van der Waals surface area contributed by atoms with Gasteiger partial charge in [-0.1, -0.05) is 19.4 Å². The van der Waals surface area contributed by atoms with Crippen molar-refractivity contribution in [1.29, 1.82) is 0 Å². The van der Waals surface area contributed by atoms with Gasteiger partial charge in [0.2, 0.25) is 0 Å². The van der Waals surface area contributed by atoms with E-state index in [1.165, 1.54) is 12.0 Å². The molecule has 6 heteroatoms. The van der Waals surface area contributed by atoms with E-state index < -0.39 is 0 Å². The third-order valence-corrected chi connectivity index (χ3v) is 3.78. The van der Waals surface area contributed by atoms with Gasteiger partial charge in [0.25, 0.3) is 0 Å². The molecule has 0 heterocycles. The van der Waals surface area contributed by atoms with E-state index >= 15 is 0 Å². The van der Waals surface area contributed by atoms with Crippen molar-refractivity contribution in [3.05, 3.63) is 23.8 Å². The van der Waals surface area contributed by atoms with Crippen molar-refractivity contribution in [2.24, 2.45) is 4.99 Å². The topological polar surface area (TPSA) is 64.1 Å². The van der Waals surface area contributed by atoms with Crippen molar-refractivity contribution in [3.63, 3.8) is 0 Å². The summed E-state index contributed by atoms with van der Waals surface area (Å²) < 4.78 is 16.1. The van der Waals surface area contributed by atoms with Crippen LogP contribution in [-0.2, 0) is 11.2 Å². The van der Waals surface area contributed by atoms with E-state index in [-0.39, 0.29) is 0 Å². The normalized spacial score (nSPS) is 11.3. The lowest BCUT2D eigenvalue weighted by Gasteiger charge is -2.13. The van der Waals surface area contributed by atoms with Crippen molar-refractivity contribution in [3.8, 4) is 11.5 Å². The monoisotopic (exact) mass is 351 g/mol. The van der Waals surface area contributed by atoms with E-state index in [1.807, 2.05) is 18.2 Å². The zero-order chi connectivity index (χ0) is 18.3. The highest BCUT2D eigenvalue weighted by Gasteiger charge is 2.05. The molecule has 0 unspecified atom stereocenters. The zero-order valence-corrected chi connectivity index (χ0v) is 16.1. The molecule has 0 radical (unpaired) electrons.